The number of benzene rings is 2. The Morgan fingerprint density at radius 2 is 1.86 bits per heavy atom. The van der Waals surface area contributed by atoms with Crippen LogP contribution in [0, 0.1) is 0 Å². The third-order valence-corrected chi connectivity index (χ3v) is 3.79. The van der Waals surface area contributed by atoms with Crippen LogP contribution < -0.4 is 20.8 Å². The lowest BCUT2D eigenvalue weighted by atomic mass is 10.1. The SMILES string of the molecule is Cn1nc(C(=O)N/N=C\c2ccc(OCC(=O)[O-])cc2)c2ccccc2c1=O. The number of carboxylic acids is 1. The topological polar surface area (TPSA) is 126 Å². The minimum Gasteiger partial charge on any atom is -0.546 e. The Balaban J connectivity index is 1.72. The molecule has 1 aromatic heterocycles. The van der Waals surface area contributed by atoms with E-state index < -0.39 is 18.5 Å². The number of nitrogens with zero attached hydrogens (tertiary/aromatic N) is 3. The fraction of sp³-hybridized carbons (Fsp3) is 0.105. The predicted molar refractivity (Wildman–Crippen MR) is 99.0 cm³/mol. The van der Waals surface area contributed by atoms with Crippen LogP contribution in [0.4, 0.5) is 0 Å². The standard InChI is InChI=1S/C19H16N4O5/c1-23-19(27)15-5-3-2-4-14(15)17(22-23)18(26)21-20-10-12-6-8-13(9-7-12)28-11-16(24)25/h2-10H,11H2,1H3,(H,21,26)(H,24,25)/p-1/b20-10-. The summed E-state index contributed by atoms with van der Waals surface area (Å²) >= 11 is 0. The molecular formula is C19H15N4O5-. The fourth-order valence-electron chi connectivity index (χ4n) is 2.48. The quantitative estimate of drug-likeness (QED) is 0.468. The van der Waals surface area contributed by atoms with Gasteiger partial charge in [-0.1, -0.05) is 18.2 Å². The first kappa shape index (κ1) is 18.8. The maximum Gasteiger partial charge on any atom is 0.292 e. The molecule has 9 heteroatoms. The monoisotopic (exact) mass is 379 g/mol. The summed E-state index contributed by atoms with van der Waals surface area (Å²) in [4.78, 5) is 34.9. The van der Waals surface area contributed by atoms with Crippen LogP contribution in [0.5, 0.6) is 5.75 Å². The molecule has 3 rings (SSSR count). The van der Waals surface area contributed by atoms with Gasteiger partial charge >= 0.3 is 0 Å². The number of carbonyl (C=O) groups excluding carboxylic acids is 2. The third kappa shape index (κ3) is 4.21. The van der Waals surface area contributed by atoms with Crippen molar-refractivity contribution < 1.29 is 19.4 Å². The molecule has 0 bridgehead atoms. The van der Waals surface area contributed by atoms with Crippen molar-refractivity contribution in [3.8, 4) is 5.75 Å². The van der Waals surface area contributed by atoms with Gasteiger partial charge in [0.2, 0.25) is 0 Å². The number of hydrazone groups is 1. The molecule has 0 aliphatic carbocycles. The molecule has 0 aliphatic heterocycles. The summed E-state index contributed by atoms with van der Waals surface area (Å²) in [6, 6.07) is 13.1. The number of fused-ring (bicyclic) bond motifs is 1. The van der Waals surface area contributed by atoms with Crippen molar-refractivity contribution in [1.29, 1.82) is 0 Å². The maximum atomic E-state index is 12.4. The van der Waals surface area contributed by atoms with Crippen molar-refractivity contribution in [1.82, 2.24) is 15.2 Å². The van der Waals surface area contributed by atoms with E-state index in [1.165, 1.54) is 13.3 Å². The van der Waals surface area contributed by atoms with E-state index in [9.17, 15) is 19.5 Å². The molecule has 0 saturated carbocycles. The average Bonchev–Trinajstić information content (AvgIpc) is 2.70. The largest absolute Gasteiger partial charge is 0.546 e. The number of hydrogen-bond acceptors (Lipinski definition) is 7. The molecule has 0 aliphatic rings. The summed E-state index contributed by atoms with van der Waals surface area (Å²) in [6.45, 7) is -0.538. The van der Waals surface area contributed by atoms with Crippen molar-refractivity contribution in [2.24, 2.45) is 12.1 Å². The summed E-state index contributed by atoms with van der Waals surface area (Å²) in [6.07, 6.45) is 1.41. The highest BCUT2D eigenvalue weighted by Gasteiger charge is 2.14. The van der Waals surface area contributed by atoms with E-state index in [4.69, 9.17) is 4.74 Å². The summed E-state index contributed by atoms with van der Waals surface area (Å²) in [5.41, 5.74) is 2.82. The lowest BCUT2D eigenvalue weighted by Gasteiger charge is -2.07. The van der Waals surface area contributed by atoms with Crippen LogP contribution in [-0.4, -0.2) is 34.5 Å². The van der Waals surface area contributed by atoms with Crippen molar-refractivity contribution >= 4 is 28.9 Å². The Bertz CT molecular complexity index is 1120. The molecular weight excluding hydrogens is 364 g/mol. The van der Waals surface area contributed by atoms with Crippen molar-refractivity contribution in [3.05, 3.63) is 70.1 Å². The molecule has 0 saturated heterocycles. The molecule has 3 aromatic rings. The molecule has 1 N–H and O–H groups in total. The lowest BCUT2D eigenvalue weighted by molar-refractivity contribution is -0.307. The first-order valence-corrected chi connectivity index (χ1v) is 8.18. The average molecular weight is 379 g/mol. The van der Waals surface area contributed by atoms with Gasteiger partial charge in [0.1, 0.15) is 12.4 Å². The number of aromatic nitrogens is 2. The van der Waals surface area contributed by atoms with E-state index in [-0.39, 0.29) is 11.3 Å². The number of nitrogens with one attached hydrogen (secondary N) is 1. The molecule has 0 unspecified atom stereocenters. The molecule has 0 radical (unpaired) electrons. The zero-order valence-corrected chi connectivity index (χ0v) is 14.8. The van der Waals surface area contributed by atoms with Crippen LogP contribution in [0.25, 0.3) is 10.8 Å². The van der Waals surface area contributed by atoms with Crippen LogP contribution >= 0.6 is 0 Å². The van der Waals surface area contributed by atoms with Crippen LogP contribution in [0.15, 0.2) is 58.4 Å². The molecule has 0 atom stereocenters. The van der Waals surface area contributed by atoms with E-state index in [0.29, 0.717) is 22.1 Å². The lowest BCUT2D eigenvalue weighted by Crippen LogP contribution is -2.28. The first-order valence-electron chi connectivity index (χ1n) is 8.18. The molecule has 2 aromatic carbocycles. The molecule has 1 heterocycles. The van der Waals surface area contributed by atoms with Gasteiger partial charge in [-0.2, -0.15) is 10.2 Å². The van der Waals surface area contributed by atoms with Crippen molar-refractivity contribution in [3.63, 3.8) is 0 Å². The normalized spacial score (nSPS) is 10.9. The summed E-state index contributed by atoms with van der Waals surface area (Å²) in [5.74, 6) is -1.50. The number of rotatable bonds is 6. The van der Waals surface area contributed by atoms with Gasteiger partial charge in [-0.25, -0.2) is 10.1 Å². The van der Waals surface area contributed by atoms with Gasteiger partial charge in [0.25, 0.3) is 11.5 Å². The maximum absolute atomic E-state index is 12.4. The summed E-state index contributed by atoms with van der Waals surface area (Å²) < 4.78 is 6.08. The van der Waals surface area contributed by atoms with Crippen molar-refractivity contribution in [2.75, 3.05) is 6.61 Å². The Morgan fingerprint density at radius 1 is 1.18 bits per heavy atom. The van der Waals surface area contributed by atoms with E-state index in [1.54, 1.807) is 48.5 Å². The minimum atomic E-state index is -1.31. The fourth-order valence-corrected chi connectivity index (χ4v) is 2.48. The smallest absolute Gasteiger partial charge is 0.292 e. The highest BCUT2D eigenvalue weighted by atomic mass is 16.5. The Kier molecular flexibility index (Phi) is 5.45. The number of carboxylic acid groups (broad SMARTS) is 1. The Hall–Kier alpha value is -4.01. The number of carbonyl (C=O) groups is 2. The molecule has 0 spiro atoms. The van der Waals surface area contributed by atoms with Crippen LogP contribution in [0.1, 0.15) is 16.1 Å². The second-order valence-electron chi connectivity index (χ2n) is 5.75. The molecule has 0 fully saturated rings. The minimum absolute atomic E-state index is 0.0841. The van der Waals surface area contributed by atoms with E-state index in [2.05, 4.69) is 15.6 Å². The van der Waals surface area contributed by atoms with Crippen LogP contribution in [0.2, 0.25) is 0 Å². The van der Waals surface area contributed by atoms with Gasteiger partial charge in [0.05, 0.1) is 17.6 Å². The second kappa shape index (κ2) is 8.12. The zero-order valence-electron chi connectivity index (χ0n) is 14.8. The second-order valence-corrected chi connectivity index (χ2v) is 5.75. The number of aliphatic carboxylic acids is 1. The molecule has 142 valence electrons. The number of amides is 1. The molecule has 9 nitrogen and oxygen atoms in total. The number of hydrogen-bond donors (Lipinski definition) is 1. The van der Waals surface area contributed by atoms with Gasteiger partial charge < -0.3 is 14.6 Å². The highest BCUT2D eigenvalue weighted by molar-refractivity contribution is 6.04. The van der Waals surface area contributed by atoms with E-state index in [1.807, 2.05) is 0 Å². The van der Waals surface area contributed by atoms with Crippen LogP contribution in [0.3, 0.4) is 0 Å². The first-order chi connectivity index (χ1) is 13.5. The van der Waals surface area contributed by atoms with Gasteiger partial charge in [-0.05, 0) is 35.9 Å². The number of ether oxygens (including phenoxy) is 1. The van der Waals surface area contributed by atoms with Crippen molar-refractivity contribution in [2.45, 2.75) is 0 Å². The van der Waals surface area contributed by atoms with E-state index >= 15 is 0 Å². The summed E-state index contributed by atoms with van der Waals surface area (Å²) in [5, 5.41) is 19.1. The zero-order chi connectivity index (χ0) is 20.1. The van der Waals surface area contributed by atoms with Gasteiger partial charge in [0, 0.05) is 12.4 Å². The van der Waals surface area contributed by atoms with Gasteiger partial charge in [-0.3, -0.25) is 9.59 Å². The summed E-state index contributed by atoms with van der Waals surface area (Å²) in [7, 11) is 1.47. The highest BCUT2D eigenvalue weighted by Crippen LogP contribution is 2.13. The third-order valence-electron chi connectivity index (χ3n) is 3.79. The number of aryl methyl sites for hydroxylation is 1. The van der Waals surface area contributed by atoms with E-state index in [0.717, 1.165) is 4.68 Å². The van der Waals surface area contributed by atoms with Gasteiger partial charge in [-0.15, -0.1) is 0 Å². The van der Waals surface area contributed by atoms with Gasteiger partial charge in [0.15, 0.2) is 5.69 Å². The van der Waals surface area contributed by atoms with Crippen LogP contribution in [-0.2, 0) is 11.8 Å². The molecule has 28 heavy (non-hydrogen) atoms. The predicted octanol–water partition coefficient (Wildman–Crippen LogP) is -0.174. The Morgan fingerprint density at radius 3 is 2.54 bits per heavy atom. The molecule has 1 amide bonds. The Labute approximate surface area is 158 Å².